The lowest BCUT2D eigenvalue weighted by Crippen LogP contribution is -2.03. The third-order valence-corrected chi connectivity index (χ3v) is 4.29. The van der Waals surface area contributed by atoms with Crippen LogP contribution in [0.3, 0.4) is 0 Å². The Morgan fingerprint density at radius 1 is 1.24 bits per heavy atom. The predicted octanol–water partition coefficient (Wildman–Crippen LogP) is 3.69. The number of esters is 1. The first kappa shape index (κ1) is 13.9. The second-order valence-corrected chi connectivity index (χ2v) is 6.04. The van der Waals surface area contributed by atoms with Crippen molar-refractivity contribution in [1.82, 2.24) is 4.98 Å². The Morgan fingerprint density at radius 3 is 2.62 bits per heavy atom. The van der Waals surface area contributed by atoms with Gasteiger partial charge in [0.15, 0.2) is 0 Å². The fraction of sp³-hybridized carbons (Fsp3) is 0.389. The van der Waals surface area contributed by atoms with Crippen molar-refractivity contribution in [2.75, 3.05) is 7.11 Å². The zero-order valence-corrected chi connectivity index (χ0v) is 12.8. The van der Waals surface area contributed by atoms with Crippen molar-refractivity contribution < 1.29 is 9.53 Å². The van der Waals surface area contributed by atoms with Gasteiger partial charge in [-0.1, -0.05) is 29.3 Å². The fourth-order valence-corrected chi connectivity index (χ4v) is 3.46. The predicted molar refractivity (Wildman–Crippen MR) is 82.8 cm³/mol. The van der Waals surface area contributed by atoms with E-state index >= 15 is 0 Å². The standard InChI is InChI=1S/C18H21NO2/c1-11-6-12(2)8-13(7-11)9-14-4-5-16-15(14)10-17(19-16)18(20)21-3/h6-8,10,14,19H,4-5,9H2,1-3H3. The Bertz CT molecular complexity index is 664. The van der Waals surface area contributed by atoms with Crippen LogP contribution in [0.5, 0.6) is 0 Å². The van der Waals surface area contributed by atoms with E-state index < -0.39 is 0 Å². The highest BCUT2D eigenvalue weighted by Crippen LogP contribution is 2.36. The van der Waals surface area contributed by atoms with Gasteiger partial charge in [0.2, 0.25) is 0 Å². The van der Waals surface area contributed by atoms with Crippen molar-refractivity contribution in [1.29, 1.82) is 0 Å². The van der Waals surface area contributed by atoms with Crippen LogP contribution in [0, 0.1) is 13.8 Å². The summed E-state index contributed by atoms with van der Waals surface area (Å²) in [5.74, 6) is 0.213. The van der Waals surface area contributed by atoms with Gasteiger partial charge in [-0.2, -0.15) is 0 Å². The first-order chi connectivity index (χ1) is 10.1. The first-order valence-electron chi connectivity index (χ1n) is 7.44. The summed E-state index contributed by atoms with van der Waals surface area (Å²) < 4.78 is 4.79. The molecule has 1 aromatic heterocycles. The highest BCUT2D eigenvalue weighted by molar-refractivity contribution is 5.88. The van der Waals surface area contributed by atoms with Gasteiger partial charge >= 0.3 is 5.97 Å². The van der Waals surface area contributed by atoms with E-state index in [9.17, 15) is 4.79 Å². The number of aryl methyl sites for hydroxylation is 3. The fourth-order valence-electron chi connectivity index (χ4n) is 3.46. The zero-order chi connectivity index (χ0) is 15.0. The van der Waals surface area contributed by atoms with Gasteiger partial charge in [-0.15, -0.1) is 0 Å². The number of carbonyl (C=O) groups is 1. The number of rotatable bonds is 3. The molecular formula is C18H21NO2. The van der Waals surface area contributed by atoms with Crippen molar-refractivity contribution in [3.05, 3.63) is 57.9 Å². The van der Waals surface area contributed by atoms with Crippen LogP contribution >= 0.6 is 0 Å². The molecule has 3 nitrogen and oxygen atoms in total. The Kier molecular flexibility index (Phi) is 3.58. The number of hydrogen-bond donors (Lipinski definition) is 1. The number of fused-ring (bicyclic) bond motifs is 1. The molecule has 0 amide bonds. The number of methoxy groups -OCH3 is 1. The van der Waals surface area contributed by atoms with E-state index in [4.69, 9.17) is 4.74 Å². The van der Waals surface area contributed by atoms with E-state index in [2.05, 4.69) is 37.0 Å². The lowest BCUT2D eigenvalue weighted by atomic mass is 9.93. The van der Waals surface area contributed by atoms with Crippen LogP contribution in [0.2, 0.25) is 0 Å². The summed E-state index contributed by atoms with van der Waals surface area (Å²) in [5, 5.41) is 0. The molecule has 0 aliphatic heterocycles. The molecule has 3 rings (SSSR count). The van der Waals surface area contributed by atoms with E-state index in [1.165, 1.54) is 35.1 Å². The van der Waals surface area contributed by atoms with Crippen LogP contribution in [-0.4, -0.2) is 18.1 Å². The molecule has 1 atom stereocenters. The second kappa shape index (κ2) is 5.40. The molecule has 1 N–H and O–H groups in total. The van der Waals surface area contributed by atoms with Gasteiger partial charge in [-0.3, -0.25) is 0 Å². The van der Waals surface area contributed by atoms with E-state index in [0.29, 0.717) is 11.6 Å². The SMILES string of the molecule is COC(=O)c1cc2c([nH]1)CCC2Cc1cc(C)cc(C)c1. The highest BCUT2D eigenvalue weighted by atomic mass is 16.5. The summed E-state index contributed by atoms with van der Waals surface area (Å²) in [6.07, 6.45) is 3.20. The smallest absolute Gasteiger partial charge is 0.354 e. The number of benzene rings is 1. The minimum atomic E-state index is -0.283. The summed E-state index contributed by atoms with van der Waals surface area (Å²) in [7, 11) is 1.42. The molecular weight excluding hydrogens is 262 g/mol. The quantitative estimate of drug-likeness (QED) is 0.873. The largest absolute Gasteiger partial charge is 0.464 e. The monoisotopic (exact) mass is 283 g/mol. The summed E-state index contributed by atoms with van der Waals surface area (Å²) in [6, 6.07) is 8.70. The molecule has 0 radical (unpaired) electrons. The normalized spacial score (nSPS) is 16.8. The molecule has 0 fully saturated rings. The molecule has 0 spiro atoms. The topological polar surface area (TPSA) is 42.1 Å². The van der Waals surface area contributed by atoms with Crippen LogP contribution in [0.15, 0.2) is 24.3 Å². The third-order valence-electron chi connectivity index (χ3n) is 4.29. The Morgan fingerprint density at radius 2 is 1.95 bits per heavy atom. The minimum Gasteiger partial charge on any atom is -0.464 e. The first-order valence-corrected chi connectivity index (χ1v) is 7.44. The zero-order valence-electron chi connectivity index (χ0n) is 12.8. The Balaban J connectivity index is 1.83. The molecule has 1 heterocycles. The van der Waals surface area contributed by atoms with Gasteiger partial charge in [0.25, 0.3) is 0 Å². The molecule has 0 saturated carbocycles. The molecule has 1 aromatic carbocycles. The highest BCUT2D eigenvalue weighted by Gasteiger charge is 2.26. The number of aromatic amines is 1. The summed E-state index contributed by atoms with van der Waals surface area (Å²) in [4.78, 5) is 14.8. The summed E-state index contributed by atoms with van der Waals surface area (Å²) in [6.45, 7) is 4.28. The van der Waals surface area contributed by atoms with Crippen LogP contribution in [0.1, 0.15) is 50.8 Å². The summed E-state index contributed by atoms with van der Waals surface area (Å²) >= 11 is 0. The molecule has 0 saturated heterocycles. The molecule has 1 aliphatic carbocycles. The van der Waals surface area contributed by atoms with E-state index in [0.717, 1.165) is 19.3 Å². The van der Waals surface area contributed by atoms with Crippen LogP contribution in [0.25, 0.3) is 0 Å². The van der Waals surface area contributed by atoms with E-state index in [1.54, 1.807) is 0 Å². The number of nitrogens with one attached hydrogen (secondary N) is 1. The number of hydrogen-bond acceptors (Lipinski definition) is 2. The molecule has 3 heteroatoms. The molecule has 2 aromatic rings. The minimum absolute atomic E-state index is 0.283. The lowest BCUT2D eigenvalue weighted by Gasteiger charge is -2.11. The third kappa shape index (κ3) is 2.73. The number of carbonyl (C=O) groups excluding carboxylic acids is 1. The molecule has 1 aliphatic rings. The van der Waals surface area contributed by atoms with Crippen LogP contribution in [-0.2, 0) is 17.6 Å². The van der Waals surface area contributed by atoms with Gasteiger partial charge in [0, 0.05) is 5.69 Å². The van der Waals surface area contributed by atoms with E-state index in [1.807, 2.05) is 6.07 Å². The van der Waals surface area contributed by atoms with Crippen molar-refractivity contribution in [2.45, 2.75) is 39.0 Å². The average molecular weight is 283 g/mol. The van der Waals surface area contributed by atoms with E-state index in [-0.39, 0.29) is 5.97 Å². The lowest BCUT2D eigenvalue weighted by molar-refractivity contribution is 0.0594. The van der Waals surface area contributed by atoms with Crippen molar-refractivity contribution in [2.24, 2.45) is 0 Å². The average Bonchev–Trinajstić information content (AvgIpc) is 2.99. The molecule has 1 unspecified atom stereocenters. The van der Waals surface area contributed by atoms with Gasteiger partial charge in [-0.25, -0.2) is 4.79 Å². The maximum Gasteiger partial charge on any atom is 0.354 e. The molecule has 0 bridgehead atoms. The van der Waals surface area contributed by atoms with Crippen molar-refractivity contribution in [3.63, 3.8) is 0 Å². The Labute approximate surface area is 125 Å². The van der Waals surface area contributed by atoms with Gasteiger partial charge in [0.1, 0.15) is 5.69 Å². The maximum atomic E-state index is 11.6. The van der Waals surface area contributed by atoms with Crippen LogP contribution in [0.4, 0.5) is 0 Å². The number of ether oxygens (including phenoxy) is 1. The molecule has 21 heavy (non-hydrogen) atoms. The molecule has 110 valence electrons. The summed E-state index contributed by atoms with van der Waals surface area (Å²) in [5.41, 5.74) is 7.07. The Hall–Kier alpha value is -2.03. The maximum absolute atomic E-state index is 11.6. The second-order valence-electron chi connectivity index (χ2n) is 6.04. The van der Waals surface area contributed by atoms with Gasteiger partial charge in [0.05, 0.1) is 7.11 Å². The van der Waals surface area contributed by atoms with Gasteiger partial charge in [-0.05, 0) is 56.2 Å². The van der Waals surface area contributed by atoms with Crippen molar-refractivity contribution >= 4 is 5.97 Å². The number of H-pyrrole nitrogens is 1. The van der Waals surface area contributed by atoms with Crippen molar-refractivity contribution in [3.8, 4) is 0 Å². The van der Waals surface area contributed by atoms with Crippen LogP contribution < -0.4 is 0 Å². The number of aromatic nitrogens is 1. The van der Waals surface area contributed by atoms with Gasteiger partial charge < -0.3 is 9.72 Å².